The fraction of sp³-hybridized carbons (Fsp3) is 0.316. The molecule has 3 N–H and O–H groups in total. The predicted molar refractivity (Wildman–Crippen MR) is 97.6 cm³/mol. The summed E-state index contributed by atoms with van der Waals surface area (Å²) >= 11 is 0. The monoisotopic (exact) mass is 327 g/mol. The summed E-state index contributed by atoms with van der Waals surface area (Å²) in [6.45, 7) is 6.65. The van der Waals surface area contributed by atoms with Crippen LogP contribution >= 0.6 is 0 Å². The average Bonchev–Trinajstić information content (AvgIpc) is 2.59. The summed E-state index contributed by atoms with van der Waals surface area (Å²) in [4.78, 5) is 4.53. The fourth-order valence-electron chi connectivity index (χ4n) is 2.09. The van der Waals surface area contributed by atoms with Gasteiger partial charge in [-0.2, -0.15) is 0 Å². The van der Waals surface area contributed by atoms with Gasteiger partial charge in [0.15, 0.2) is 5.96 Å². The maximum absolute atomic E-state index is 9.30. The summed E-state index contributed by atoms with van der Waals surface area (Å²) in [7, 11) is 0. The second-order valence-corrected chi connectivity index (χ2v) is 5.45. The van der Waals surface area contributed by atoms with Crippen LogP contribution in [0.1, 0.15) is 18.1 Å². The highest BCUT2D eigenvalue weighted by atomic mass is 16.5. The molecule has 0 radical (unpaired) electrons. The van der Waals surface area contributed by atoms with Crippen molar-refractivity contribution in [1.82, 2.24) is 10.6 Å². The van der Waals surface area contributed by atoms with Gasteiger partial charge in [-0.05, 0) is 43.7 Å². The molecule has 0 amide bonds. The van der Waals surface area contributed by atoms with Gasteiger partial charge in [0, 0.05) is 6.54 Å². The highest BCUT2D eigenvalue weighted by molar-refractivity contribution is 5.79. The number of benzene rings is 2. The first kappa shape index (κ1) is 17.7. The van der Waals surface area contributed by atoms with E-state index in [2.05, 4.69) is 22.5 Å². The second-order valence-electron chi connectivity index (χ2n) is 5.45. The molecule has 5 heteroatoms. The van der Waals surface area contributed by atoms with Crippen LogP contribution in [-0.2, 0) is 6.54 Å². The number of rotatable bonds is 7. The quantitative estimate of drug-likeness (QED) is 0.416. The van der Waals surface area contributed by atoms with Crippen molar-refractivity contribution in [3.63, 3.8) is 0 Å². The number of ether oxygens (including phenoxy) is 1. The van der Waals surface area contributed by atoms with Crippen LogP contribution in [0, 0.1) is 6.92 Å². The van der Waals surface area contributed by atoms with Crippen LogP contribution in [-0.4, -0.2) is 30.8 Å². The number of nitrogens with zero attached hydrogens (tertiary/aromatic N) is 1. The highest BCUT2D eigenvalue weighted by Crippen LogP contribution is 2.11. The van der Waals surface area contributed by atoms with Crippen molar-refractivity contribution in [3.05, 3.63) is 59.7 Å². The Kier molecular flexibility index (Phi) is 6.95. The Hall–Kier alpha value is -2.69. The molecule has 0 saturated carbocycles. The zero-order valence-electron chi connectivity index (χ0n) is 14.2. The van der Waals surface area contributed by atoms with Gasteiger partial charge in [0.05, 0.1) is 13.1 Å². The first-order valence-corrected chi connectivity index (χ1v) is 8.17. The number of aliphatic imine (C=N–C) groups is 1. The smallest absolute Gasteiger partial charge is 0.191 e. The van der Waals surface area contributed by atoms with Gasteiger partial charge in [-0.15, -0.1) is 0 Å². The third-order valence-corrected chi connectivity index (χ3v) is 3.38. The normalized spacial score (nSPS) is 11.2. The summed E-state index contributed by atoms with van der Waals surface area (Å²) in [5, 5.41) is 15.7. The van der Waals surface area contributed by atoms with Gasteiger partial charge < -0.3 is 20.5 Å². The molecular formula is C19H25N3O2. The lowest BCUT2D eigenvalue weighted by atomic mass is 10.2. The van der Waals surface area contributed by atoms with E-state index in [9.17, 15) is 5.11 Å². The number of phenolic OH excluding ortho intramolecular Hbond substituents is 1. The van der Waals surface area contributed by atoms with E-state index in [1.807, 2.05) is 43.3 Å². The molecule has 0 bridgehead atoms. The Morgan fingerprint density at radius 1 is 1.04 bits per heavy atom. The lowest BCUT2D eigenvalue weighted by Crippen LogP contribution is -2.39. The van der Waals surface area contributed by atoms with Gasteiger partial charge in [-0.25, -0.2) is 4.99 Å². The molecule has 0 atom stereocenters. The number of phenols is 1. The number of hydrogen-bond donors (Lipinski definition) is 3. The van der Waals surface area contributed by atoms with E-state index in [4.69, 9.17) is 4.74 Å². The molecule has 0 heterocycles. The minimum absolute atomic E-state index is 0.265. The molecule has 0 aliphatic heterocycles. The predicted octanol–water partition coefficient (Wildman–Crippen LogP) is 2.83. The maximum atomic E-state index is 9.30. The van der Waals surface area contributed by atoms with E-state index < -0.39 is 0 Å². The number of nitrogens with one attached hydrogen (secondary N) is 2. The third-order valence-electron chi connectivity index (χ3n) is 3.38. The molecule has 5 nitrogen and oxygen atoms in total. The fourth-order valence-corrected chi connectivity index (χ4v) is 2.09. The van der Waals surface area contributed by atoms with Gasteiger partial charge in [-0.3, -0.25) is 0 Å². The van der Waals surface area contributed by atoms with Gasteiger partial charge in [0.25, 0.3) is 0 Å². The van der Waals surface area contributed by atoms with Gasteiger partial charge >= 0.3 is 0 Å². The topological polar surface area (TPSA) is 65.9 Å². The average molecular weight is 327 g/mol. The first-order chi connectivity index (χ1) is 11.7. The number of hydrogen-bond acceptors (Lipinski definition) is 3. The molecule has 0 saturated heterocycles. The van der Waals surface area contributed by atoms with Crippen molar-refractivity contribution >= 4 is 5.96 Å². The first-order valence-electron chi connectivity index (χ1n) is 8.17. The summed E-state index contributed by atoms with van der Waals surface area (Å²) in [6.07, 6.45) is 0. The number of aryl methyl sites for hydroxylation is 1. The molecule has 2 rings (SSSR count). The van der Waals surface area contributed by atoms with Gasteiger partial charge in [0.2, 0.25) is 0 Å². The van der Waals surface area contributed by atoms with Crippen molar-refractivity contribution in [3.8, 4) is 11.5 Å². The summed E-state index contributed by atoms with van der Waals surface area (Å²) in [5.41, 5.74) is 2.26. The van der Waals surface area contributed by atoms with Crippen LogP contribution in [0.5, 0.6) is 11.5 Å². The Bertz CT molecular complexity index is 637. The Morgan fingerprint density at radius 3 is 2.42 bits per heavy atom. The molecule has 0 aliphatic carbocycles. The Morgan fingerprint density at radius 2 is 1.75 bits per heavy atom. The molecule has 0 fully saturated rings. The van der Waals surface area contributed by atoms with E-state index in [0.29, 0.717) is 19.7 Å². The van der Waals surface area contributed by atoms with Crippen LogP contribution in [0.3, 0.4) is 0 Å². The standard InChI is InChI=1S/C19H25N3O2/c1-3-20-19(22-14-16-6-8-17(23)9-7-16)21-12-13-24-18-10-4-15(2)5-11-18/h4-11,23H,3,12-14H2,1-2H3,(H2,20,21,22). The van der Waals surface area contributed by atoms with Crippen molar-refractivity contribution in [2.24, 2.45) is 4.99 Å². The van der Waals surface area contributed by atoms with E-state index in [-0.39, 0.29) is 5.75 Å². The summed E-state index contributed by atoms with van der Waals surface area (Å²) in [6, 6.07) is 15.1. The highest BCUT2D eigenvalue weighted by Gasteiger charge is 1.99. The molecular weight excluding hydrogens is 302 g/mol. The van der Waals surface area contributed by atoms with E-state index in [0.717, 1.165) is 23.8 Å². The largest absolute Gasteiger partial charge is 0.508 e. The lowest BCUT2D eigenvalue weighted by Gasteiger charge is -2.12. The van der Waals surface area contributed by atoms with E-state index in [1.54, 1.807) is 12.1 Å². The number of aromatic hydroxyl groups is 1. The molecule has 0 aromatic heterocycles. The minimum Gasteiger partial charge on any atom is -0.508 e. The molecule has 24 heavy (non-hydrogen) atoms. The van der Waals surface area contributed by atoms with Crippen LogP contribution in [0.4, 0.5) is 0 Å². The van der Waals surface area contributed by atoms with Crippen molar-refractivity contribution < 1.29 is 9.84 Å². The van der Waals surface area contributed by atoms with Crippen molar-refractivity contribution in [2.75, 3.05) is 19.7 Å². The van der Waals surface area contributed by atoms with Crippen LogP contribution in [0.2, 0.25) is 0 Å². The van der Waals surface area contributed by atoms with Crippen LogP contribution < -0.4 is 15.4 Å². The lowest BCUT2D eigenvalue weighted by molar-refractivity contribution is 0.322. The Balaban J connectivity index is 1.78. The molecule has 2 aromatic carbocycles. The number of guanidine groups is 1. The van der Waals surface area contributed by atoms with Gasteiger partial charge in [0.1, 0.15) is 18.1 Å². The molecule has 128 valence electrons. The molecule has 2 aromatic rings. The minimum atomic E-state index is 0.265. The summed E-state index contributed by atoms with van der Waals surface area (Å²) < 4.78 is 5.69. The van der Waals surface area contributed by atoms with E-state index >= 15 is 0 Å². The van der Waals surface area contributed by atoms with Crippen molar-refractivity contribution in [1.29, 1.82) is 0 Å². The zero-order valence-corrected chi connectivity index (χ0v) is 14.2. The van der Waals surface area contributed by atoms with Gasteiger partial charge in [-0.1, -0.05) is 29.8 Å². The van der Waals surface area contributed by atoms with Crippen LogP contribution in [0.25, 0.3) is 0 Å². The second kappa shape index (κ2) is 9.45. The van der Waals surface area contributed by atoms with Crippen LogP contribution in [0.15, 0.2) is 53.5 Å². The Labute approximate surface area is 143 Å². The summed E-state index contributed by atoms with van der Waals surface area (Å²) in [5.74, 6) is 1.88. The molecule has 0 aliphatic rings. The molecule has 0 spiro atoms. The van der Waals surface area contributed by atoms with E-state index in [1.165, 1.54) is 5.56 Å². The molecule has 0 unspecified atom stereocenters. The SMILES string of the molecule is CCNC(=NCc1ccc(O)cc1)NCCOc1ccc(C)cc1. The zero-order chi connectivity index (χ0) is 17.2. The maximum Gasteiger partial charge on any atom is 0.191 e. The third kappa shape index (κ3) is 6.20. The van der Waals surface area contributed by atoms with Crippen molar-refractivity contribution in [2.45, 2.75) is 20.4 Å².